The first-order valence-corrected chi connectivity index (χ1v) is 10.2. The number of hydrogen-bond donors (Lipinski definition) is 2. The maximum atomic E-state index is 12.4. The normalized spacial score (nSPS) is 11.9. The largest absolute Gasteiger partial charge is 0.399 e. The number of anilines is 2. The van der Waals surface area contributed by atoms with E-state index < -0.39 is 10.0 Å². The number of nitrogens with zero attached hydrogens (tertiary/aromatic N) is 1. The maximum absolute atomic E-state index is 12.4. The first-order valence-electron chi connectivity index (χ1n) is 5.49. The van der Waals surface area contributed by atoms with Crippen molar-refractivity contribution < 1.29 is 8.42 Å². The van der Waals surface area contributed by atoms with Crippen LogP contribution in [-0.4, -0.2) is 13.4 Å². The van der Waals surface area contributed by atoms with Gasteiger partial charge in [0.2, 0.25) is 0 Å². The fraction of sp³-hybridized carbons (Fsp3) is 0. The molecule has 0 radical (unpaired) electrons. The van der Waals surface area contributed by atoms with E-state index in [4.69, 9.17) is 5.73 Å². The number of fused-ring (bicyclic) bond motifs is 1. The van der Waals surface area contributed by atoms with E-state index in [2.05, 4.69) is 41.6 Å². The lowest BCUT2D eigenvalue weighted by Crippen LogP contribution is -2.12. The van der Waals surface area contributed by atoms with Crippen LogP contribution in [0.5, 0.6) is 0 Å². The van der Waals surface area contributed by atoms with Crippen LogP contribution in [0.2, 0.25) is 0 Å². The molecule has 3 aromatic rings. The lowest BCUT2D eigenvalue weighted by molar-refractivity contribution is 0.601. The highest BCUT2D eigenvalue weighted by Crippen LogP contribution is 2.36. The van der Waals surface area contributed by atoms with Crippen LogP contribution in [0.1, 0.15) is 0 Å². The highest BCUT2D eigenvalue weighted by Gasteiger charge is 2.22. The highest BCUT2D eigenvalue weighted by atomic mass is 79.9. The van der Waals surface area contributed by atoms with E-state index in [1.807, 2.05) is 0 Å². The summed E-state index contributed by atoms with van der Waals surface area (Å²) in [7, 11) is -3.68. The quantitative estimate of drug-likeness (QED) is 0.562. The van der Waals surface area contributed by atoms with Crippen LogP contribution in [0.15, 0.2) is 36.7 Å². The van der Waals surface area contributed by atoms with Crippen LogP contribution < -0.4 is 10.5 Å². The van der Waals surface area contributed by atoms with Gasteiger partial charge in [0.05, 0.1) is 17.8 Å². The summed E-state index contributed by atoms with van der Waals surface area (Å²) in [5.74, 6) is 0. The Morgan fingerprint density at radius 2 is 1.95 bits per heavy atom. The molecule has 0 spiro atoms. The summed E-state index contributed by atoms with van der Waals surface area (Å²) < 4.78 is 29.3. The molecule has 0 unspecified atom stereocenters. The standard InChI is InChI=1S/C11H7Br2N3O2S3/c12-9-4-8(10(13)20-9)21(17,18)16-11-15-6-2-1-5(14)3-7(6)19-11/h1-4H,14H2,(H,15,16). The molecule has 0 atom stereocenters. The van der Waals surface area contributed by atoms with Crippen molar-refractivity contribution >= 4 is 85.6 Å². The second kappa shape index (κ2) is 5.51. The van der Waals surface area contributed by atoms with Crippen molar-refractivity contribution in [3.05, 3.63) is 31.8 Å². The van der Waals surface area contributed by atoms with Crippen molar-refractivity contribution in [3.63, 3.8) is 0 Å². The van der Waals surface area contributed by atoms with Gasteiger partial charge in [0.25, 0.3) is 10.0 Å². The van der Waals surface area contributed by atoms with Crippen LogP contribution >= 0.6 is 54.5 Å². The van der Waals surface area contributed by atoms with Gasteiger partial charge in [0.15, 0.2) is 5.13 Å². The summed E-state index contributed by atoms with van der Waals surface area (Å²) in [6.45, 7) is 0. The average Bonchev–Trinajstić information content (AvgIpc) is 2.91. The van der Waals surface area contributed by atoms with Gasteiger partial charge in [-0.25, -0.2) is 13.4 Å². The molecule has 3 rings (SSSR count). The van der Waals surface area contributed by atoms with E-state index >= 15 is 0 Å². The number of thiazole rings is 1. The Balaban J connectivity index is 1.99. The predicted molar refractivity (Wildman–Crippen MR) is 94.6 cm³/mol. The number of rotatable bonds is 3. The highest BCUT2D eigenvalue weighted by molar-refractivity contribution is 9.12. The number of aromatic nitrogens is 1. The van der Waals surface area contributed by atoms with Gasteiger partial charge in [-0.2, -0.15) is 0 Å². The maximum Gasteiger partial charge on any atom is 0.265 e. The van der Waals surface area contributed by atoms with E-state index in [0.717, 1.165) is 8.49 Å². The molecule has 0 saturated carbocycles. The van der Waals surface area contributed by atoms with Gasteiger partial charge in [0.1, 0.15) is 4.90 Å². The second-order valence-electron chi connectivity index (χ2n) is 4.04. The van der Waals surface area contributed by atoms with Crippen molar-refractivity contribution in [2.24, 2.45) is 0 Å². The Morgan fingerprint density at radius 1 is 1.19 bits per heavy atom. The van der Waals surface area contributed by atoms with E-state index in [0.29, 0.717) is 20.1 Å². The molecule has 5 nitrogen and oxygen atoms in total. The molecule has 0 aliphatic rings. The number of nitrogens with two attached hydrogens (primary N) is 1. The van der Waals surface area contributed by atoms with E-state index in [-0.39, 0.29) is 4.90 Å². The van der Waals surface area contributed by atoms with Crippen LogP contribution in [0.25, 0.3) is 10.2 Å². The van der Waals surface area contributed by atoms with E-state index in [1.165, 1.54) is 22.7 Å². The number of benzene rings is 1. The van der Waals surface area contributed by atoms with Gasteiger partial charge in [-0.1, -0.05) is 11.3 Å². The molecule has 110 valence electrons. The van der Waals surface area contributed by atoms with Crippen molar-refractivity contribution in [2.75, 3.05) is 10.5 Å². The Labute approximate surface area is 145 Å². The second-order valence-corrected chi connectivity index (χ2v) is 10.5. The lowest BCUT2D eigenvalue weighted by Gasteiger charge is -2.02. The van der Waals surface area contributed by atoms with Gasteiger partial charge in [-0.3, -0.25) is 4.72 Å². The number of sulfonamides is 1. The Morgan fingerprint density at radius 3 is 2.62 bits per heavy atom. The molecule has 2 aromatic heterocycles. The van der Waals surface area contributed by atoms with Crippen LogP contribution in [0.4, 0.5) is 10.8 Å². The van der Waals surface area contributed by atoms with Gasteiger partial charge in [0, 0.05) is 5.69 Å². The zero-order valence-corrected chi connectivity index (χ0v) is 15.8. The van der Waals surface area contributed by atoms with Crippen LogP contribution in [0.3, 0.4) is 0 Å². The molecule has 0 saturated heterocycles. The van der Waals surface area contributed by atoms with Crippen molar-refractivity contribution in [1.29, 1.82) is 0 Å². The van der Waals surface area contributed by atoms with Gasteiger partial charge < -0.3 is 5.73 Å². The van der Waals surface area contributed by atoms with Crippen molar-refractivity contribution in [3.8, 4) is 0 Å². The van der Waals surface area contributed by atoms with E-state index in [9.17, 15) is 8.42 Å². The first-order chi connectivity index (χ1) is 9.85. The van der Waals surface area contributed by atoms with Crippen molar-refractivity contribution in [1.82, 2.24) is 4.98 Å². The Bertz CT molecular complexity index is 933. The topological polar surface area (TPSA) is 85.1 Å². The third kappa shape index (κ3) is 3.09. The molecule has 0 aliphatic carbocycles. The number of nitrogen functional groups attached to an aromatic ring is 1. The summed E-state index contributed by atoms with van der Waals surface area (Å²) >= 11 is 9.05. The summed E-state index contributed by atoms with van der Waals surface area (Å²) in [5.41, 5.74) is 7.03. The Kier molecular flexibility index (Phi) is 3.99. The molecule has 0 bridgehead atoms. The summed E-state index contributed by atoms with van der Waals surface area (Å²) in [5, 5.41) is 0.310. The lowest BCUT2D eigenvalue weighted by atomic mass is 10.3. The first kappa shape index (κ1) is 15.2. The molecule has 3 N–H and O–H groups in total. The minimum atomic E-state index is -3.68. The van der Waals surface area contributed by atoms with Gasteiger partial charge >= 0.3 is 0 Å². The zero-order chi connectivity index (χ0) is 15.2. The smallest absolute Gasteiger partial charge is 0.265 e. The van der Waals surface area contributed by atoms with Crippen LogP contribution in [0, 0.1) is 0 Å². The molecule has 0 aliphatic heterocycles. The SMILES string of the molecule is Nc1ccc2nc(NS(=O)(=O)c3cc(Br)sc3Br)sc2c1. The van der Waals surface area contributed by atoms with Gasteiger partial charge in [-0.05, 0) is 56.1 Å². The monoisotopic (exact) mass is 467 g/mol. The number of hydrogen-bond acceptors (Lipinski definition) is 6. The number of halogens is 2. The van der Waals surface area contributed by atoms with Crippen molar-refractivity contribution in [2.45, 2.75) is 4.90 Å². The third-order valence-electron chi connectivity index (χ3n) is 2.55. The molecule has 2 heterocycles. The molecular formula is C11H7Br2N3O2S3. The minimum Gasteiger partial charge on any atom is -0.399 e. The summed E-state index contributed by atoms with van der Waals surface area (Å²) in [6.07, 6.45) is 0. The molecule has 10 heteroatoms. The predicted octanol–water partition coefficient (Wildman–Crippen LogP) is 4.27. The molecule has 1 aromatic carbocycles. The average molecular weight is 469 g/mol. The molecule has 21 heavy (non-hydrogen) atoms. The Hall–Kier alpha value is -0.680. The van der Waals surface area contributed by atoms with Gasteiger partial charge in [-0.15, -0.1) is 11.3 Å². The summed E-state index contributed by atoms with van der Waals surface area (Å²) in [6, 6.07) is 6.80. The molecule has 0 amide bonds. The fourth-order valence-electron chi connectivity index (χ4n) is 1.66. The third-order valence-corrected chi connectivity index (χ3v) is 7.71. The summed E-state index contributed by atoms with van der Waals surface area (Å²) in [4.78, 5) is 4.43. The fourth-order valence-corrected chi connectivity index (χ4v) is 7.63. The minimum absolute atomic E-state index is 0.179. The molecular weight excluding hydrogens is 462 g/mol. The number of thiophene rings is 1. The number of nitrogens with one attached hydrogen (secondary N) is 1. The van der Waals surface area contributed by atoms with Crippen LogP contribution in [-0.2, 0) is 10.0 Å². The molecule has 0 fully saturated rings. The zero-order valence-electron chi connectivity index (χ0n) is 10.1. The van der Waals surface area contributed by atoms with E-state index in [1.54, 1.807) is 24.3 Å².